The van der Waals surface area contributed by atoms with Crippen LogP contribution in [0, 0.1) is 0 Å². The maximum Gasteiger partial charge on any atom is 0.271 e. The van der Waals surface area contributed by atoms with Crippen LogP contribution in [0.3, 0.4) is 0 Å². The number of fused-ring (bicyclic) bond motifs is 3. The fraction of sp³-hybridized carbons (Fsp3) is 0.290. The lowest BCUT2D eigenvalue weighted by molar-refractivity contribution is 0.354. The average Bonchev–Trinajstić information content (AvgIpc) is 3.56. The molecule has 39 heavy (non-hydrogen) atoms. The summed E-state index contributed by atoms with van der Waals surface area (Å²) in [4.78, 5) is 21.9. The van der Waals surface area contributed by atoms with E-state index in [2.05, 4.69) is 43.0 Å². The van der Waals surface area contributed by atoms with Gasteiger partial charge in [0.1, 0.15) is 5.76 Å². The van der Waals surface area contributed by atoms with Crippen LogP contribution in [0.1, 0.15) is 48.8 Å². The number of hydrogen-bond donors (Lipinski definition) is 0. The number of thiazole rings is 1. The Bertz CT molecular complexity index is 1760. The van der Waals surface area contributed by atoms with Gasteiger partial charge in [0.2, 0.25) is 0 Å². The fourth-order valence-electron chi connectivity index (χ4n) is 5.60. The number of aryl methyl sites for hydroxylation is 1. The molecule has 0 N–H and O–H groups in total. The van der Waals surface area contributed by atoms with Gasteiger partial charge in [-0.05, 0) is 61.6 Å². The summed E-state index contributed by atoms with van der Waals surface area (Å²) in [5.41, 5.74) is 5.41. The van der Waals surface area contributed by atoms with E-state index in [0.717, 1.165) is 54.2 Å². The van der Waals surface area contributed by atoms with Gasteiger partial charge >= 0.3 is 0 Å². The second kappa shape index (κ2) is 10.3. The number of nitrogens with zero attached hydrogens (tertiary/aromatic N) is 3. The summed E-state index contributed by atoms with van der Waals surface area (Å²) in [5, 5.41) is 0. The Balaban J connectivity index is 1.56. The second-order valence-corrected chi connectivity index (χ2v) is 10.6. The van der Waals surface area contributed by atoms with Gasteiger partial charge in [0.25, 0.3) is 5.56 Å². The fourth-order valence-corrected chi connectivity index (χ4v) is 6.58. The zero-order chi connectivity index (χ0) is 27.1. The van der Waals surface area contributed by atoms with Gasteiger partial charge in [-0.15, -0.1) is 0 Å². The van der Waals surface area contributed by atoms with Crippen LogP contribution < -0.4 is 29.3 Å². The molecule has 0 radical (unpaired) electrons. The van der Waals surface area contributed by atoms with Crippen molar-refractivity contribution in [2.75, 3.05) is 32.2 Å². The molecule has 1 aliphatic carbocycles. The van der Waals surface area contributed by atoms with Crippen molar-refractivity contribution < 1.29 is 13.9 Å². The molecule has 8 heteroatoms. The molecule has 0 saturated heterocycles. The van der Waals surface area contributed by atoms with Crippen LogP contribution in [0.5, 0.6) is 11.5 Å². The molecule has 0 fully saturated rings. The molecule has 0 amide bonds. The van der Waals surface area contributed by atoms with Crippen molar-refractivity contribution in [2.24, 2.45) is 4.99 Å². The molecule has 0 bridgehead atoms. The molecule has 0 unspecified atom stereocenters. The van der Waals surface area contributed by atoms with Crippen LogP contribution in [0.4, 0.5) is 5.88 Å². The summed E-state index contributed by atoms with van der Waals surface area (Å²) < 4.78 is 19.6. The number of aromatic nitrogens is 1. The van der Waals surface area contributed by atoms with E-state index in [0.29, 0.717) is 26.6 Å². The third kappa shape index (κ3) is 4.29. The van der Waals surface area contributed by atoms with Crippen molar-refractivity contribution >= 4 is 29.0 Å². The molecule has 4 aromatic rings. The highest BCUT2D eigenvalue weighted by molar-refractivity contribution is 7.07. The Kier molecular flexibility index (Phi) is 6.64. The highest BCUT2D eigenvalue weighted by Crippen LogP contribution is 2.42. The van der Waals surface area contributed by atoms with Gasteiger partial charge in [-0.2, -0.15) is 0 Å². The van der Waals surface area contributed by atoms with Crippen molar-refractivity contribution in [3.8, 4) is 11.5 Å². The first kappa shape index (κ1) is 25.2. The topological polar surface area (TPSA) is 69.2 Å². The molecule has 2 aromatic heterocycles. The Hall–Kier alpha value is -4.04. The molecule has 6 rings (SSSR count). The summed E-state index contributed by atoms with van der Waals surface area (Å²) in [6.45, 7) is 5.89. The first-order valence-electron chi connectivity index (χ1n) is 13.3. The number of benzene rings is 2. The maximum absolute atomic E-state index is 14.0. The van der Waals surface area contributed by atoms with Crippen LogP contribution >= 0.6 is 11.3 Å². The maximum atomic E-state index is 14.0. The summed E-state index contributed by atoms with van der Waals surface area (Å²) in [6, 6.07) is 17.9. The Morgan fingerprint density at radius 1 is 1.05 bits per heavy atom. The summed E-state index contributed by atoms with van der Waals surface area (Å²) in [7, 11) is 3.25. The Labute approximate surface area is 230 Å². The molecule has 3 heterocycles. The zero-order valence-electron chi connectivity index (χ0n) is 22.6. The number of anilines is 1. The summed E-state index contributed by atoms with van der Waals surface area (Å²) >= 11 is 1.40. The van der Waals surface area contributed by atoms with Crippen molar-refractivity contribution in [3.63, 3.8) is 0 Å². The lowest BCUT2D eigenvalue weighted by Gasteiger charge is -2.31. The van der Waals surface area contributed by atoms with Gasteiger partial charge in [-0.25, -0.2) is 4.99 Å². The number of rotatable bonds is 7. The molecule has 2 aromatic carbocycles. The third-order valence-corrected chi connectivity index (χ3v) is 8.54. The van der Waals surface area contributed by atoms with E-state index in [9.17, 15) is 4.79 Å². The quantitative estimate of drug-likeness (QED) is 0.337. The van der Waals surface area contributed by atoms with Crippen LogP contribution in [-0.4, -0.2) is 31.9 Å². The molecular weight excluding hydrogens is 510 g/mol. The van der Waals surface area contributed by atoms with Crippen molar-refractivity contribution in [3.05, 3.63) is 102 Å². The molecule has 1 atom stereocenters. The molecule has 0 spiro atoms. The number of furan rings is 1. The lowest BCUT2D eigenvalue weighted by atomic mass is 9.83. The number of methoxy groups -OCH3 is 2. The first-order valence-corrected chi connectivity index (χ1v) is 14.1. The minimum Gasteiger partial charge on any atom is -0.493 e. The van der Waals surface area contributed by atoms with Gasteiger partial charge < -0.3 is 18.8 Å². The largest absolute Gasteiger partial charge is 0.493 e. The second-order valence-electron chi connectivity index (χ2n) is 9.58. The van der Waals surface area contributed by atoms with Gasteiger partial charge in [0.15, 0.2) is 22.2 Å². The Morgan fingerprint density at radius 2 is 1.85 bits per heavy atom. The minimum absolute atomic E-state index is 0.0790. The summed E-state index contributed by atoms with van der Waals surface area (Å²) in [6.07, 6.45) is 3.56. The van der Waals surface area contributed by atoms with E-state index in [1.807, 2.05) is 41.0 Å². The Morgan fingerprint density at radius 3 is 2.62 bits per heavy atom. The summed E-state index contributed by atoms with van der Waals surface area (Å²) in [5.74, 6) is 2.74. The van der Waals surface area contributed by atoms with Gasteiger partial charge in [-0.3, -0.25) is 9.36 Å². The SMILES string of the molecule is CCN(CC)c1ccc(/C=c2\sc3n(c2=O)[C@H](c2ccc(OC)c(OC)c2)C2=C(N=3)c3ccccc3CC2)o1. The highest BCUT2D eigenvalue weighted by atomic mass is 32.1. The average molecular weight is 542 g/mol. The monoisotopic (exact) mass is 541 g/mol. The smallest absolute Gasteiger partial charge is 0.271 e. The first-order chi connectivity index (χ1) is 19.1. The standard InChI is InChI=1S/C31H31N3O4S/c1-5-33(6-2)27-16-13-21(38-27)18-26-30(35)34-29(20-12-15-24(36-3)25(17-20)37-4)23-14-11-19-9-7-8-10-22(19)28(23)32-31(34)39-26/h7-10,12-13,15-18,29H,5-6,11,14H2,1-4H3/b26-18-/t29-/m1/s1. The number of hydrogen-bond acceptors (Lipinski definition) is 7. The molecule has 1 aliphatic heterocycles. The van der Waals surface area contributed by atoms with E-state index < -0.39 is 0 Å². The minimum atomic E-state index is -0.297. The van der Waals surface area contributed by atoms with Crippen LogP contribution in [-0.2, 0) is 6.42 Å². The third-order valence-electron chi connectivity index (χ3n) is 7.56. The van der Waals surface area contributed by atoms with Crippen molar-refractivity contribution in [1.29, 1.82) is 0 Å². The molecule has 2 aliphatic rings. The number of allylic oxidation sites excluding steroid dienone is 1. The van der Waals surface area contributed by atoms with Crippen molar-refractivity contribution in [1.82, 2.24) is 4.57 Å². The van der Waals surface area contributed by atoms with E-state index in [-0.39, 0.29) is 11.6 Å². The van der Waals surface area contributed by atoms with Crippen LogP contribution in [0.2, 0.25) is 0 Å². The van der Waals surface area contributed by atoms with Crippen LogP contribution in [0.25, 0.3) is 11.8 Å². The molecule has 200 valence electrons. The van der Waals surface area contributed by atoms with Gasteiger partial charge in [0, 0.05) is 30.8 Å². The predicted molar refractivity (Wildman–Crippen MR) is 155 cm³/mol. The van der Waals surface area contributed by atoms with E-state index in [4.69, 9.17) is 18.9 Å². The van der Waals surface area contributed by atoms with E-state index in [1.54, 1.807) is 14.2 Å². The van der Waals surface area contributed by atoms with Crippen molar-refractivity contribution in [2.45, 2.75) is 32.7 Å². The van der Waals surface area contributed by atoms with Crippen LogP contribution in [0.15, 0.2) is 74.4 Å². The molecule has 7 nitrogen and oxygen atoms in total. The number of ether oxygens (including phenoxy) is 2. The van der Waals surface area contributed by atoms with Gasteiger partial charge in [-0.1, -0.05) is 41.7 Å². The normalized spacial score (nSPS) is 16.3. The zero-order valence-corrected chi connectivity index (χ0v) is 23.4. The lowest BCUT2D eigenvalue weighted by Crippen LogP contribution is -2.38. The molecular formula is C31H31N3O4S. The van der Waals surface area contributed by atoms with Gasteiger partial charge in [0.05, 0.1) is 30.5 Å². The molecule has 0 saturated carbocycles. The van der Waals surface area contributed by atoms with E-state index in [1.165, 1.54) is 16.9 Å². The van der Waals surface area contributed by atoms with E-state index >= 15 is 0 Å². The highest BCUT2D eigenvalue weighted by Gasteiger charge is 2.33. The predicted octanol–water partition coefficient (Wildman–Crippen LogP) is 4.78.